The number of pyridine rings is 1. The molecule has 0 unspecified atom stereocenters. The maximum Gasteiger partial charge on any atom is 0.534 e. The molecule has 0 N–H and O–H groups in total. The Labute approximate surface area is 112 Å². The van der Waals surface area contributed by atoms with Gasteiger partial charge in [0.1, 0.15) is 0 Å². The van der Waals surface area contributed by atoms with Crippen LogP contribution in [0.3, 0.4) is 0 Å². The quantitative estimate of drug-likeness (QED) is 0.644. The maximum absolute atomic E-state index is 12.3. The number of methoxy groups -OCH3 is 1. The Morgan fingerprint density at radius 3 is 2.45 bits per heavy atom. The van der Waals surface area contributed by atoms with E-state index in [1.807, 2.05) is 0 Å². The molecule has 108 valence electrons. The van der Waals surface area contributed by atoms with Gasteiger partial charge in [0, 0.05) is 5.39 Å². The SMILES string of the molecule is COc1nc2ccccc2cc1OS(=O)(=O)C(F)(F)F. The smallest absolute Gasteiger partial charge is 0.478 e. The van der Waals surface area contributed by atoms with E-state index in [1.165, 1.54) is 0 Å². The van der Waals surface area contributed by atoms with Crippen molar-refractivity contribution >= 4 is 21.0 Å². The summed E-state index contributed by atoms with van der Waals surface area (Å²) in [6, 6.07) is 7.56. The molecular formula is C11H8F3NO4S. The Hall–Kier alpha value is -2.03. The highest BCUT2D eigenvalue weighted by Gasteiger charge is 2.49. The molecule has 1 heterocycles. The van der Waals surface area contributed by atoms with Crippen LogP contribution < -0.4 is 8.92 Å². The first-order valence-corrected chi connectivity index (χ1v) is 6.60. The summed E-state index contributed by atoms with van der Waals surface area (Å²) < 4.78 is 67.7. The molecule has 0 fully saturated rings. The Balaban J connectivity index is 2.54. The number of halogens is 3. The summed E-state index contributed by atoms with van der Waals surface area (Å²) >= 11 is 0. The van der Waals surface area contributed by atoms with E-state index in [4.69, 9.17) is 4.74 Å². The molecule has 9 heteroatoms. The summed E-state index contributed by atoms with van der Waals surface area (Å²) in [4.78, 5) is 3.88. The molecule has 0 aliphatic carbocycles. The highest BCUT2D eigenvalue weighted by Crippen LogP contribution is 2.33. The normalized spacial score (nSPS) is 12.4. The summed E-state index contributed by atoms with van der Waals surface area (Å²) in [7, 11) is -4.63. The first kappa shape index (κ1) is 14.4. The minimum absolute atomic E-state index is 0.350. The van der Waals surface area contributed by atoms with E-state index in [-0.39, 0.29) is 5.88 Å². The zero-order valence-electron chi connectivity index (χ0n) is 10.0. The standard InChI is InChI=1S/C11H8F3NO4S/c1-18-10-9(19-20(16,17)11(12,13)14)6-7-4-2-3-5-8(7)15-10/h2-6H,1H3. The lowest BCUT2D eigenvalue weighted by atomic mass is 10.2. The van der Waals surface area contributed by atoms with Gasteiger partial charge in [0.05, 0.1) is 12.6 Å². The minimum atomic E-state index is -5.77. The van der Waals surface area contributed by atoms with Gasteiger partial charge in [0.25, 0.3) is 5.88 Å². The molecule has 0 aliphatic heterocycles. The zero-order chi connectivity index (χ0) is 15.0. The molecule has 0 aliphatic rings. The van der Waals surface area contributed by atoms with Gasteiger partial charge in [-0.15, -0.1) is 0 Å². The molecule has 0 atom stereocenters. The Morgan fingerprint density at radius 1 is 1.20 bits per heavy atom. The number of hydrogen-bond donors (Lipinski definition) is 0. The third kappa shape index (κ3) is 2.62. The van der Waals surface area contributed by atoms with E-state index in [9.17, 15) is 21.6 Å². The van der Waals surface area contributed by atoms with Crippen molar-refractivity contribution in [3.63, 3.8) is 0 Å². The second kappa shape index (κ2) is 4.82. The number of ether oxygens (including phenoxy) is 1. The first-order chi connectivity index (χ1) is 9.24. The summed E-state index contributed by atoms with van der Waals surface area (Å²) in [5, 5.41) is 0.417. The minimum Gasteiger partial charge on any atom is -0.478 e. The van der Waals surface area contributed by atoms with Gasteiger partial charge in [-0.2, -0.15) is 21.6 Å². The van der Waals surface area contributed by atoms with Gasteiger partial charge in [0.2, 0.25) is 5.75 Å². The molecule has 2 aromatic rings. The highest BCUT2D eigenvalue weighted by atomic mass is 32.2. The van der Waals surface area contributed by atoms with E-state index in [2.05, 4.69) is 9.17 Å². The van der Waals surface area contributed by atoms with Crippen molar-refractivity contribution in [3.8, 4) is 11.6 Å². The fraction of sp³-hybridized carbons (Fsp3) is 0.182. The van der Waals surface area contributed by atoms with Crippen molar-refractivity contribution in [2.75, 3.05) is 7.11 Å². The average Bonchev–Trinajstić information content (AvgIpc) is 2.36. The maximum atomic E-state index is 12.3. The molecule has 5 nitrogen and oxygen atoms in total. The van der Waals surface area contributed by atoms with Crippen LogP contribution in [0.5, 0.6) is 11.6 Å². The number of rotatable bonds is 3. The van der Waals surface area contributed by atoms with Crippen LogP contribution in [0.2, 0.25) is 0 Å². The molecule has 0 bridgehead atoms. The van der Waals surface area contributed by atoms with Crippen molar-refractivity contribution in [1.29, 1.82) is 0 Å². The van der Waals surface area contributed by atoms with Crippen LogP contribution in [-0.4, -0.2) is 26.0 Å². The van der Waals surface area contributed by atoms with Crippen LogP contribution in [0.25, 0.3) is 10.9 Å². The van der Waals surface area contributed by atoms with Crippen molar-refractivity contribution in [3.05, 3.63) is 30.3 Å². The largest absolute Gasteiger partial charge is 0.534 e. The van der Waals surface area contributed by atoms with Crippen LogP contribution >= 0.6 is 0 Å². The number of benzene rings is 1. The summed E-state index contributed by atoms with van der Waals surface area (Å²) in [6.45, 7) is 0. The van der Waals surface area contributed by atoms with Crippen LogP contribution in [0.4, 0.5) is 13.2 Å². The van der Waals surface area contributed by atoms with Gasteiger partial charge in [-0.3, -0.25) is 0 Å². The molecule has 1 aromatic heterocycles. The number of nitrogens with zero attached hydrogens (tertiary/aromatic N) is 1. The fourth-order valence-electron chi connectivity index (χ4n) is 1.45. The monoisotopic (exact) mass is 307 g/mol. The zero-order valence-corrected chi connectivity index (χ0v) is 10.8. The lowest BCUT2D eigenvalue weighted by Gasteiger charge is -2.12. The molecular weight excluding hydrogens is 299 g/mol. The van der Waals surface area contributed by atoms with E-state index in [1.54, 1.807) is 24.3 Å². The second-order valence-corrected chi connectivity index (χ2v) is 5.21. The predicted octanol–water partition coefficient (Wildman–Crippen LogP) is 2.47. The van der Waals surface area contributed by atoms with Crippen molar-refractivity contribution in [2.24, 2.45) is 0 Å². The molecule has 2 rings (SSSR count). The number of para-hydroxylation sites is 1. The molecule has 0 saturated carbocycles. The summed E-state index contributed by atoms with van der Waals surface area (Å²) in [6.07, 6.45) is 0. The Morgan fingerprint density at radius 2 is 1.85 bits per heavy atom. The third-order valence-corrected chi connectivity index (χ3v) is 3.30. The van der Waals surface area contributed by atoms with Crippen LogP contribution in [-0.2, 0) is 10.1 Å². The van der Waals surface area contributed by atoms with E-state index >= 15 is 0 Å². The predicted molar refractivity (Wildman–Crippen MR) is 63.9 cm³/mol. The second-order valence-electron chi connectivity index (χ2n) is 3.67. The third-order valence-electron chi connectivity index (χ3n) is 2.33. The van der Waals surface area contributed by atoms with Crippen LogP contribution in [0.15, 0.2) is 30.3 Å². The molecule has 0 radical (unpaired) electrons. The molecule has 0 spiro atoms. The van der Waals surface area contributed by atoms with E-state index in [0.717, 1.165) is 13.2 Å². The molecule has 20 heavy (non-hydrogen) atoms. The van der Waals surface area contributed by atoms with Gasteiger partial charge < -0.3 is 8.92 Å². The van der Waals surface area contributed by atoms with Crippen molar-refractivity contribution in [1.82, 2.24) is 4.98 Å². The topological polar surface area (TPSA) is 65.5 Å². The lowest BCUT2D eigenvalue weighted by Crippen LogP contribution is -2.28. The van der Waals surface area contributed by atoms with Gasteiger partial charge in [-0.25, -0.2) is 4.98 Å². The van der Waals surface area contributed by atoms with Crippen LogP contribution in [0.1, 0.15) is 0 Å². The lowest BCUT2D eigenvalue weighted by molar-refractivity contribution is -0.0500. The number of aromatic nitrogens is 1. The molecule has 0 saturated heterocycles. The number of alkyl halides is 3. The van der Waals surface area contributed by atoms with Gasteiger partial charge in [-0.1, -0.05) is 18.2 Å². The van der Waals surface area contributed by atoms with E-state index < -0.39 is 21.4 Å². The summed E-state index contributed by atoms with van der Waals surface area (Å²) in [5.74, 6) is -0.972. The van der Waals surface area contributed by atoms with Crippen LogP contribution in [0, 0.1) is 0 Å². The van der Waals surface area contributed by atoms with E-state index in [0.29, 0.717) is 10.9 Å². The molecule has 0 amide bonds. The Kier molecular flexibility index (Phi) is 3.46. The summed E-state index contributed by atoms with van der Waals surface area (Å²) in [5.41, 5.74) is -5.09. The average molecular weight is 307 g/mol. The first-order valence-electron chi connectivity index (χ1n) is 5.19. The number of fused-ring (bicyclic) bond motifs is 1. The number of hydrogen-bond acceptors (Lipinski definition) is 5. The van der Waals surface area contributed by atoms with Gasteiger partial charge >= 0.3 is 15.6 Å². The van der Waals surface area contributed by atoms with Crippen molar-refractivity contribution < 1.29 is 30.5 Å². The Bertz CT molecular complexity index is 743. The van der Waals surface area contributed by atoms with Gasteiger partial charge in [-0.05, 0) is 12.1 Å². The van der Waals surface area contributed by atoms with Gasteiger partial charge in [0.15, 0.2) is 0 Å². The molecule has 1 aromatic carbocycles. The van der Waals surface area contributed by atoms with Crippen molar-refractivity contribution in [2.45, 2.75) is 5.51 Å². The highest BCUT2D eigenvalue weighted by molar-refractivity contribution is 7.88. The fourth-order valence-corrected chi connectivity index (χ4v) is 1.90.